The third kappa shape index (κ3) is 2.42. The van der Waals surface area contributed by atoms with Crippen LogP contribution in [0.25, 0.3) is 6.08 Å². The lowest BCUT2D eigenvalue weighted by Crippen LogP contribution is -2.31. The predicted octanol–water partition coefficient (Wildman–Crippen LogP) is 3.85. The standard InChI is InChI=1S/C16H13ClN2O2S/c1-10-8-11(17)5-6-13(10)19-15(20)14(18(2)16(19)22)9-12-4-3-7-21-12/h3-9H,1-2H3/b14-9+. The molecule has 0 bridgehead atoms. The number of amides is 1. The highest BCUT2D eigenvalue weighted by molar-refractivity contribution is 7.80. The van der Waals surface area contributed by atoms with Crippen LogP contribution in [0.5, 0.6) is 0 Å². The zero-order valence-corrected chi connectivity index (χ0v) is 13.6. The molecule has 1 aliphatic rings. The molecule has 0 aliphatic carbocycles. The third-order valence-corrected chi connectivity index (χ3v) is 4.18. The Morgan fingerprint density at radius 3 is 2.73 bits per heavy atom. The van der Waals surface area contributed by atoms with Crippen LogP contribution in [0, 0.1) is 6.92 Å². The lowest BCUT2D eigenvalue weighted by Gasteiger charge is -2.18. The van der Waals surface area contributed by atoms with Gasteiger partial charge < -0.3 is 9.32 Å². The maximum atomic E-state index is 12.7. The van der Waals surface area contributed by atoms with Crippen molar-refractivity contribution in [1.29, 1.82) is 0 Å². The molecule has 3 rings (SSSR count). The van der Waals surface area contributed by atoms with Gasteiger partial charge >= 0.3 is 0 Å². The van der Waals surface area contributed by atoms with Gasteiger partial charge in [-0.25, -0.2) is 0 Å². The van der Waals surface area contributed by atoms with Gasteiger partial charge in [-0.2, -0.15) is 0 Å². The Bertz CT molecular complexity index is 783. The number of carbonyl (C=O) groups excluding carboxylic acids is 1. The Balaban J connectivity index is 2.04. The molecule has 22 heavy (non-hydrogen) atoms. The zero-order chi connectivity index (χ0) is 15.9. The van der Waals surface area contributed by atoms with E-state index in [1.165, 1.54) is 4.90 Å². The summed E-state index contributed by atoms with van der Waals surface area (Å²) < 4.78 is 5.27. The van der Waals surface area contributed by atoms with Gasteiger partial charge in [-0.1, -0.05) is 11.6 Å². The minimum absolute atomic E-state index is 0.186. The molecule has 1 fully saturated rings. The average molecular weight is 333 g/mol. The van der Waals surface area contributed by atoms with Gasteiger partial charge in [0.05, 0.1) is 12.0 Å². The van der Waals surface area contributed by atoms with E-state index in [0.29, 0.717) is 21.6 Å². The number of likely N-dealkylation sites (N-methyl/N-ethyl adjacent to an activating group) is 1. The number of nitrogens with zero attached hydrogens (tertiary/aromatic N) is 2. The van der Waals surface area contributed by atoms with Crippen molar-refractivity contribution in [1.82, 2.24) is 4.90 Å². The molecule has 0 N–H and O–H groups in total. The number of carbonyl (C=O) groups is 1. The quantitative estimate of drug-likeness (QED) is 0.618. The van der Waals surface area contributed by atoms with Gasteiger partial charge in [-0.3, -0.25) is 9.69 Å². The molecule has 1 aromatic heterocycles. The van der Waals surface area contributed by atoms with E-state index in [0.717, 1.165) is 11.3 Å². The molecule has 112 valence electrons. The summed E-state index contributed by atoms with van der Waals surface area (Å²) in [6, 6.07) is 8.90. The fourth-order valence-corrected chi connectivity index (χ4v) is 2.85. The van der Waals surface area contributed by atoms with Crippen molar-refractivity contribution in [2.45, 2.75) is 6.92 Å². The second kappa shape index (κ2) is 5.59. The van der Waals surface area contributed by atoms with E-state index in [1.807, 2.05) is 6.92 Å². The number of halogens is 1. The number of hydrogen-bond acceptors (Lipinski definition) is 3. The number of rotatable bonds is 2. The second-order valence-electron chi connectivity index (χ2n) is 4.96. The van der Waals surface area contributed by atoms with Crippen LogP contribution in [0.3, 0.4) is 0 Å². The summed E-state index contributed by atoms with van der Waals surface area (Å²) in [6.07, 6.45) is 3.24. The molecule has 1 saturated heterocycles. The molecule has 4 nitrogen and oxygen atoms in total. The predicted molar refractivity (Wildman–Crippen MR) is 90.7 cm³/mol. The summed E-state index contributed by atoms with van der Waals surface area (Å²) in [6.45, 7) is 1.89. The number of thiocarbonyl (C=S) groups is 1. The van der Waals surface area contributed by atoms with Gasteiger partial charge in [0, 0.05) is 18.1 Å². The topological polar surface area (TPSA) is 36.7 Å². The monoisotopic (exact) mass is 332 g/mol. The number of anilines is 1. The Labute approximate surface area is 138 Å². The van der Waals surface area contributed by atoms with Crippen LogP contribution in [0.2, 0.25) is 5.02 Å². The van der Waals surface area contributed by atoms with Gasteiger partial charge in [0.2, 0.25) is 0 Å². The van der Waals surface area contributed by atoms with Crippen molar-refractivity contribution >= 4 is 46.6 Å². The molecule has 0 spiro atoms. The first-order valence-corrected chi connectivity index (χ1v) is 7.41. The first kappa shape index (κ1) is 14.8. The van der Waals surface area contributed by atoms with Crippen molar-refractivity contribution in [2.75, 3.05) is 11.9 Å². The summed E-state index contributed by atoms with van der Waals surface area (Å²) in [7, 11) is 1.76. The molecule has 0 radical (unpaired) electrons. The largest absolute Gasteiger partial charge is 0.465 e. The normalized spacial score (nSPS) is 17.0. The smallest absolute Gasteiger partial charge is 0.281 e. The van der Waals surface area contributed by atoms with Crippen LogP contribution in [-0.2, 0) is 4.79 Å². The van der Waals surface area contributed by atoms with Crippen LogP contribution in [0.15, 0.2) is 46.7 Å². The molecular weight excluding hydrogens is 320 g/mol. The lowest BCUT2D eigenvalue weighted by atomic mass is 10.2. The zero-order valence-electron chi connectivity index (χ0n) is 12.0. The first-order valence-electron chi connectivity index (χ1n) is 6.62. The fourth-order valence-electron chi connectivity index (χ4n) is 2.35. The van der Waals surface area contributed by atoms with Crippen LogP contribution in [-0.4, -0.2) is 23.0 Å². The highest BCUT2D eigenvalue weighted by Crippen LogP contribution is 2.31. The molecule has 0 atom stereocenters. The van der Waals surface area contributed by atoms with Gasteiger partial charge in [0.1, 0.15) is 11.5 Å². The van der Waals surface area contributed by atoms with Gasteiger partial charge in [-0.05, 0) is 55.0 Å². The van der Waals surface area contributed by atoms with E-state index in [9.17, 15) is 4.79 Å². The first-order chi connectivity index (χ1) is 10.5. The summed E-state index contributed by atoms with van der Waals surface area (Å²) in [5.74, 6) is 0.419. The SMILES string of the molecule is Cc1cc(Cl)ccc1N1C(=O)/C(=C\c2ccco2)N(C)C1=S. The van der Waals surface area contributed by atoms with Gasteiger partial charge in [-0.15, -0.1) is 0 Å². The van der Waals surface area contributed by atoms with E-state index >= 15 is 0 Å². The van der Waals surface area contributed by atoms with Gasteiger partial charge in [0.25, 0.3) is 5.91 Å². The van der Waals surface area contributed by atoms with Crippen LogP contribution in [0.1, 0.15) is 11.3 Å². The van der Waals surface area contributed by atoms with Crippen LogP contribution < -0.4 is 4.90 Å². The Kier molecular flexibility index (Phi) is 3.76. The number of furan rings is 1. The van der Waals surface area contributed by atoms with Crippen molar-refractivity contribution in [3.8, 4) is 0 Å². The van der Waals surface area contributed by atoms with Crippen molar-refractivity contribution < 1.29 is 9.21 Å². The Morgan fingerprint density at radius 2 is 2.09 bits per heavy atom. The summed E-state index contributed by atoms with van der Waals surface area (Å²) in [5, 5.41) is 1.05. The lowest BCUT2D eigenvalue weighted by molar-refractivity contribution is -0.114. The molecule has 2 aromatic rings. The molecular formula is C16H13ClN2O2S. The van der Waals surface area contributed by atoms with Crippen molar-refractivity contribution in [3.05, 3.63) is 58.6 Å². The fraction of sp³-hybridized carbons (Fsp3) is 0.125. The molecule has 6 heteroatoms. The summed E-state index contributed by atoms with van der Waals surface area (Å²) >= 11 is 11.4. The van der Waals surface area contributed by atoms with Crippen LogP contribution in [0.4, 0.5) is 5.69 Å². The highest BCUT2D eigenvalue weighted by atomic mass is 35.5. The Hall–Kier alpha value is -2.11. The molecule has 1 amide bonds. The maximum Gasteiger partial charge on any atom is 0.281 e. The maximum absolute atomic E-state index is 12.7. The van der Waals surface area contributed by atoms with Crippen molar-refractivity contribution in [3.63, 3.8) is 0 Å². The van der Waals surface area contributed by atoms with E-state index in [4.69, 9.17) is 28.2 Å². The second-order valence-corrected chi connectivity index (χ2v) is 5.76. The molecule has 1 aliphatic heterocycles. The van der Waals surface area contributed by atoms with E-state index in [2.05, 4.69) is 0 Å². The van der Waals surface area contributed by atoms with Crippen molar-refractivity contribution in [2.24, 2.45) is 0 Å². The molecule has 0 saturated carbocycles. The number of aryl methyl sites for hydroxylation is 1. The molecule has 1 aromatic carbocycles. The van der Waals surface area contributed by atoms with E-state index in [-0.39, 0.29) is 5.91 Å². The molecule has 2 heterocycles. The number of benzene rings is 1. The molecule has 0 unspecified atom stereocenters. The highest BCUT2D eigenvalue weighted by Gasteiger charge is 2.37. The van der Waals surface area contributed by atoms with E-state index in [1.54, 1.807) is 54.6 Å². The minimum atomic E-state index is -0.186. The summed E-state index contributed by atoms with van der Waals surface area (Å²) in [4.78, 5) is 15.9. The average Bonchev–Trinajstić information content (AvgIpc) is 3.05. The Morgan fingerprint density at radius 1 is 1.32 bits per heavy atom. The van der Waals surface area contributed by atoms with E-state index < -0.39 is 0 Å². The minimum Gasteiger partial charge on any atom is -0.465 e. The van der Waals surface area contributed by atoms with Crippen LogP contribution >= 0.6 is 23.8 Å². The summed E-state index contributed by atoms with van der Waals surface area (Å²) in [5.41, 5.74) is 2.08. The third-order valence-electron chi connectivity index (χ3n) is 3.48. The van der Waals surface area contributed by atoms with Gasteiger partial charge in [0.15, 0.2) is 5.11 Å². The number of hydrogen-bond donors (Lipinski definition) is 0.